The summed E-state index contributed by atoms with van der Waals surface area (Å²) in [5.74, 6) is -1.20. The average molecular weight is 330 g/mol. The number of fused-ring (bicyclic) bond motifs is 1. The zero-order chi connectivity index (χ0) is 16.6. The van der Waals surface area contributed by atoms with Gasteiger partial charge in [-0.1, -0.05) is 23.7 Å². The summed E-state index contributed by atoms with van der Waals surface area (Å²) in [6.45, 7) is 1.91. The highest BCUT2D eigenvalue weighted by atomic mass is 35.5. The Morgan fingerprint density at radius 3 is 2.70 bits per heavy atom. The lowest BCUT2D eigenvalue weighted by atomic mass is 9.99. The third-order valence-electron chi connectivity index (χ3n) is 4.24. The number of amides is 1. The van der Waals surface area contributed by atoms with Crippen LogP contribution in [0.15, 0.2) is 36.4 Å². The molecule has 4 nitrogen and oxygen atoms in total. The first-order valence-electron chi connectivity index (χ1n) is 7.39. The van der Waals surface area contributed by atoms with E-state index in [-0.39, 0.29) is 17.5 Å². The molecule has 0 spiro atoms. The van der Waals surface area contributed by atoms with E-state index in [0.717, 1.165) is 29.5 Å². The van der Waals surface area contributed by atoms with Crippen LogP contribution in [0, 0.1) is 6.92 Å². The number of hydrogen-bond donors (Lipinski definition) is 2. The molecule has 3 rings (SSSR count). The van der Waals surface area contributed by atoms with E-state index in [2.05, 4.69) is 5.32 Å². The molecule has 23 heavy (non-hydrogen) atoms. The van der Waals surface area contributed by atoms with Crippen LogP contribution in [-0.4, -0.2) is 17.0 Å². The maximum absolute atomic E-state index is 12.4. The Labute approximate surface area is 139 Å². The van der Waals surface area contributed by atoms with Crippen LogP contribution in [-0.2, 0) is 6.42 Å². The summed E-state index contributed by atoms with van der Waals surface area (Å²) in [7, 11) is 0. The first-order chi connectivity index (χ1) is 11.0. The number of benzene rings is 2. The van der Waals surface area contributed by atoms with Crippen molar-refractivity contribution in [1.82, 2.24) is 5.32 Å². The molecule has 5 heteroatoms. The Morgan fingerprint density at radius 1 is 1.26 bits per heavy atom. The molecule has 1 aliphatic rings. The number of nitrogens with one attached hydrogen (secondary N) is 1. The second kappa shape index (κ2) is 6.05. The summed E-state index contributed by atoms with van der Waals surface area (Å²) in [4.78, 5) is 23.7. The number of aromatic carboxylic acids is 1. The first kappa shape index (κ1) is 15.6. The number of carbonyl (C=O) groups excluding carboxylic acids is 1. The number of carbonyl (C=O) groups is 2. The van der Waals surface area contributed by atoms with E-state index in [0.29, 0.717) is 10.6 Å². The molecule has 0 fully saturated rings. The predicted molar refractivity (Wildman–Crippen MR) is 88.1 cm³/mol. The van der Waals surface area contributed by atoms with E-state index in [1.54, 1.807) is 36.4 Å². The monoisotopic (exact) mass is 329 g/mol. The van der Waals surface area contributed by atoms with Crippen LogP contribution in [0.5, 0.6) is 0 Å². The number of carboxylic acids is 1. The van der Waals surface area contributed by atoms with Crippen molar-refractivity contribution in [2.75, 3.05) is 0 Å². The highest BCUT2D eigenvalue weighted by Crippen LogP contribution is 2.34. The molecule has 1 unspecified atom stereocenters. The number of halogens is 1. The Balaban J connectivity index is 1.89. The minimum absolute atomic E-state index is 0.188. The first-order valence-corrected chi connectivity index (χ1v) is 7.77. The average Bonchev–Trinajstić information content (AvgIpc) is 2.91. The quantitative estimate of drug-likeness (QED) is 0.901. The number of aryl methyl sites for hydroxylation is 1. The summed E-state index contributed by atoms with van der Waals surface area (Å²) < 4.78 is 0. The van der Waals surface area contributed by atoms with Gasteiger partial charge in [-0.25, -0.2) is 4.79 Å². The second-order valence-electron chi connectivity index (χ2n) is 5.71. The minimum Gasteiger partial charge on any atom is -0.478 e. The van der Waals surface area contributed by atoms with Crippen molar-refractivity contribution in [2.24, 2.45) is 0 Å². The highest BCUT2D eigenvalue weighted by Gasteiger charge is 2.27. The number of hydrogen-bond acceptors (Lipinski definition) is 2. The van der Waals surface area contributed by atoms with Crippen LogP contribution in [0.2, 0.25) is 5.02 Å². The molecule has 0 saturated carbocycles. The molecule has 1 aliphatic carbocycles. The Hall–Kier alpha value is -2.33. The van der Waals surface area contributed by atoms with E-state index in [4.69, 9.17) is 11.6 Å². The van der Waals surface area contributed by atoms with Crippen LogP contribution in [0.25, 0.3) is 0 Å². The van der Waals surface area contributed by atoms with Gasteiger partial charge in [-0.05, 0) is 60.7 Å². The maximum Gasteiger partial charge on any atom is 0.335 e. The maximum atomic E-state index is 12.4. The molecule has 0 aromatic heterocycles. The third kappa shape index (κ3) is 2.94. The molecule has 2 aromatic rings. The molecule has 2 aromatic carbocycles. The molecule has 0 radical (unpaired) electrons. The Morgan fingerprint density at radius 2 is 2.00 bits per heavy atom. The zero-order valence-electron chi connectivity index (χ0n) is 12.6. The molecule has 2 N–H and O–H groups in total. The van der Waals surface area contributed by atoms with Crippen LogP contribution in [0.4, 0.5) is 0 Å². The van der Waals surface area contributed by atoms with E-state index >= 15 is 0 Å². The van der Waals surface area contributed by atoms with Gasteiger partial charge in [0.1, 0.15) is 0 Å². The molecule has 0 heterocycles. The smallest absolute Gasteiger partial charge is 0.335 e. The van der Waals surface area contributed by atoms with Gasteiger partial charge >= 0.3 is 5.97 Å². The van der Waals surface area contributed by atoms with Gasteiger partial charge in [-0.3, -0.25) is 4.79 Å². The number of carboxylic acid groups (broad SMARTS) is 1. The van der Waals surface area contributed by atoms with Gasteiger partial charge in [0.05, 0.1) is 22.2 Å². The van der Waals surface area contributed by atoms with Gasteiger partial charge in [0.15, 0.2) is 0 Å². The van der Waals surface area contributed by atoms with Gasteiger partial charge < -0.3 is 10.4 Å². The van der Waals surface area contributed by atoms with Gasteiger partial charge in [-0.15, -0.1) is 0 Å². The molecule has 1 amide bonds. The molecule has 1 atom stereocenters. The summed E-state index contributed by atoms with van der Waals surface area (Å²) in [6, 6.07) is 10.0. The van der Waals surface area contributed by atoms with Gasteiger partial charge in [0.2, 0.25) is 0 Å². The molecule has 118 valence electrons. The fraction of sp³-hybridized carbons (Fsp3) is 0.222. The van der Waals surface area contributed by atoms with E-state index in [1.165, 1.54) is 0 Å². The van der Waals surface area contributed by atoms with Crippen molar-refractivity contribution in [3.63, 3.8) is 0 Å². The zero-order valence-corrected chi connectivity index (χ0v) is 13.4. The van der Waals surface area contributed by atoms with Crippen LogP contribution < -0.4 is 5.32 Å². The summed E-state index contributed by atoms with van der Waals surface area (Å²) >= 11 is 6.06. The van der Waals surface area contributed by atoms with Crippen molar-refractivity contribution in [2.45, 2.75) is 25.8 Å². The summed E-state index contributed by atoms with van der Waals surface area (Å²) in [5.41, 5.74) is 3.64. The lowest BCUT2D eigenvalue weighted by molar-refractivity contribution is 0.0696. The Bertz CT molecular complexity index is 801. The van der Waals surface area contributed by atoms with Crippen LogP contribution >= 0.6 is 11.6 Å². The van der Waals surface area contributed by atoms with Crippen molar-refractivity contribution in [1.29, 1.82) is 0 Å². The van der Waals surface area contributed by atoms with E-state index in [9.17, 15) is 14.7 Å². The minimum atomic E-state index is -0.959. The fourth-order valence-electron chi connectivity index (χ4n) is 3.10. The molecule has 0 saturated heterocycles. The summed E-state index contributed by atoms with van der Waals surface area (Å²) in [5, 5.41) is 12.6. The fourth-order valence-corrected chi connectivity index (χ4v) is 3.32. The standard InChI is InChI=1S/C18H16ClNO3/c1-10-8-11(18(22)23)9-14-12(10)6-7-16(14)20-17(21)13-4-2-3-5-15(13)19/h2-5,8-9,16H,6-7H2,1H3,(H,20,21)(H,22,23). The molecule has 0 aliphatic heterocycles. The molecular weight excluding hydrogens is 314 g/mol. The number of rotatable bonds is 3. The van der Waals surface area contributed by atoms with Crippen molar-refractivity contribution in [3.05, 3.63) is 69.2 Å². The highest BCUT2D eigenvalue weighted by molar-refractivity contribution is 6.33. The third-order valence-corrected chi connectivity index (χ3v) is 4.57. The van der Waals surface area contributed by atoms with Gasteiger partial charge in [0.25, 0.3) is 5.91 Å². The largest absolute Gasteiger partial charge is 0.478 e. The van der Waals surface area contributed by atoms with Gasteiger partial charge in [0, 0.05) is 0 Å². The van der Waals surface area contributed by atoms with Crippen molar-refractivity contribution < 1.29 is 14.7 Å². The molecule has 0 bridgehead atoms. The van der Waals surface area contributed by atoms with Crippen LogP contribution in [0.3, 0.4) is 0 Å². The lowest BCUT2D eigenvalue weighted by Crippen LogP contribution is -2.27. The Kier molecular flexibility index (Phi) is 4.09. The van der Waals surface area contributed by atoms with Crippen LogP contribution in [0.1, 0.15) is 49.9 Å². The normalized spacial score (nSPS) is 16.0. The lowest BCUT2D eigenvalue weighted by Gasteiger charge is -2.16. The van der Waals surface area contributed by atoms with E-state index < -0.39 is 5.97 Å². The van der Waals surface area contributed by atoms with Crippen molar-refractivity contribution >= 4 is 23.5 Å². The van der Waals surface area contributed by atoms with Crippen molar-refractivity contribution in [3.8, 4) is 0 Å². The topological polar surface area (TPSA) is 66.4 Å². The SMILES string of the molecule is Cc1cc(C(=O)O)cc2c1CCC2NC(=O)c1ccccc1Cl. The molecular formula is C18H16ClNO3. The second-order valence-corrected chi connectivity index (χ2v) is 6.12. The van der Waals surface area contributed by atoms with E-state index in [1.807, 2.05) is 6.92 Å². The van der Waals surface area contributed by atoms with Gasteiger partial charge in [-0.2, -0.15) is 0 Å². The summed E-state index contributed by atoms with van der Waals surface area (Å²) in [6.07, 6.45) is 1.59. The predicted octanol–water partition coefficient (Wildman–Crippen LogP) is 3.76.